The summed E-state index contributed by atoms with van der Waals surface area (Å²) in [5.74, 6) is -0.840. The molecule has 5 heteroatoms. The zero-order chi connectivity index (χ0) is 16.4. The van der Waals surface area contributed by atoms with Gasteiger partial charge in [0.25, 0.3) is 0 Å². The van der Waals surface area contributed by atoms with Crippen molar-refractivity contribution in [3.63, 3.8) is 0 Å². The summed E-state index contributed by atoms with van der Waals surface area (Å²) >= 11 is 3.45. The molecule has 124 valence electrons. The van der Waals surface area contributed by atoms with Gasteiger partial charge in [-0.3, -0.25) is 9.59 Å². The third-order valence-corrected chi connectivity index (χ3v) is 5.92. The van der Waals surface area contributed by atoms with Crippen molar-refractivity contribution in [2.24, 2.45) is 5.92 Å². The molecular weight excluding hydrogens is 358 g/mol. The van der Waals surface area contributed by atoms with E-state index in [0.29, 0.717) is 25.9 Å². The summed E-state index contributed by atoms with van der Waals surface area (Å²) in [6.07, 6.45) is 5.08. The van der Waals surface area contributed by atoms with Crippen LogP contribution in [0.15, 0.2) is 28.7 Å². The van der Waals surface area contributed by atoms with E-state index in [2.05, 4.69) is 28.1 Å². The number of aliphatic carboxylic acids is 1. The number of halogens is 1. The van der Waals surface area contributed by atoms with Crippen molar-refractivity contribution in [3.05, 3.63) is 34.3 Å². The minimum Gasteiger partial charge on any atom is -0.481 e. The van der Waals surface area contributed by atoms with Crippen molar-refractivity contribution < 1.29 is 14.7 Å². The van der Waals surface area contributed by atoms with Crippen LogP contribution in [0.1, 0.15) is 44.1 Å². The van der Waals surface area contributed by atoms with Crippen LogP contribution in [0.2, 0.25) is 0 Å². The molecule has 3 rings (SSSR count). The molecule has 1 aromatic carbocycles. The average Bonchev–Trinajstić information content (AvgIpc) is 3.06. The zero-order valence-corrected chi connectivity index (χ0v) is 14.7. The zero-order valence-electron chi connectivity index (χ0n) is 13.1. The summed E-state index contributed by atoms with van der Waals surface area (Å²) in [5.41, 5.74) is 0.695. The van der Waals surface area contributed by atoms with E-state index in [1.807, 2.05) is 17.0 Å². The van der Waals surface area contributed by atoms with E-state index >= 15 is 0 Å². The van der Waals surface area contributed by atoms with Gasteiger partial charge in [0.05, 0.1) is 11.3 Å². The molecule has 1 aromatic rings. The Hall–Kier alpha value is -1.36. The molecule has 0 unspecified atom stereocenters. The second-order valence-corrected chi connectivity index (χ2v) is 7.62. The fourth-order valence-electron chi connectivity index (χ4n) is 4.01. The van der Waals surface area contributed by atoms with Gasteiger partial charge in [-0.1, -0.05) is 40.9 Å². The van der Waals surface area contributed by atoms with Crippen LogP contribution in [0, 0.1) is 5.92 Å². The Balaban J connectivity index is 1.80. The smallest absolute Gasteiger partial charge is 0.306 e. The molecule has 4 nitrogen and oxygen atoms in total. The summed E-state index contributed by atoms with van der Waals surface area (Å²) in [6, 6.07) is 8.10. The number of piperidine rings is 1. The van der Waals surface area contributed by atoms with Crippen molar-refractivity contribution in [1.82, 2.24) is 4.90 Å². The van der Waals surface area contributed by atoms with Crippen molar-refractivity contribution >= 4 is 27.8 Å². The van der Waals surface area contributed by atoms with E-state index in [4.69, 9.17) is 5.11 Å². The van der Waals surface area contributed by atoms with Gasteiger partial charge in [0.1, 0.15) is 0 Å². The Morgan fingerprint density at radius 2 is 1.65 bits per heavy atom. The van der Waals surface area contributed by atoms with Crippen molar-refractivity contribution in [2.45, 2.75) is 43.9 Å². The van der Waals surface area contributed by atoms with Crippen LogP contribution in [0.25, 0.3) is 0 Å². The third-order valence-electron chi connectivity index (χ3n) is 5.39. The summed E-state index contributed by atoms with van der Waals surface area (Å²) in [5, 5.41) is 9.12. The van der Waals surface area contributed by atoms with E-state index < -0.39 is 11.4 Å². The number of nitrogens with zero attached hydrogens (tertiary/aromatic N) is 1. The molecule has 1 saturated carbocycles. The fraction of sp³-hybridized carbons (Fsp3) is 0.556. The van der Waals surface area contributed by atoms with Gasteiger partial charge in [0.2, 0.25) is 5.91 Å². The minimum atomic E-state index is -0.736. The lowest BCUT2D eigenvalue weighted by Gasteiger charge is -2.38. The Morgan fingerprint density at radius 3 is 2.17 bits per heavy atom. The molecule has 0 bridgehead atoms. The van der Waals surface area contributed by atoms with Crippen LogP contribution in [-0.2, 0) is 15.0 Å². The number of carboxylic acid groups (broad SMARTS) is 1. The predicted octanol–water partition coefficient (Wildman–Crippen LogP) is 3.58. The molecule has 1 aliphatic carbocycles. The van der Waals surface area contributed by atoms with Crippen molar-refractivity contribution in [1.29, 1.82) is 0 Å². The van der Waals surface area contributed by atoms with E-state index in [-0.39, 0.29) is 11.8 Å². The quantitative estimate of drug-likeness (QED) is 0.872. The number of hydrogen-bond donors (Lipinski definition) is 1. The molecule has 2 fully saturated rings. The van der Waals surface area contributed by atoms with Crippen LogP contribution >= 0.6 is 15.9 Å². The van der Waals surface area contributed by atoms with Crippen LogP contribution in [0.4, 0.5) is 0 Å². The SMILES string of the molecule is O=C(O)C1CCN(C(=O)C2(c3ccc(Br)cc3)CCCC2)CC1. The molecule has 0 radical (unpaired) electrons. The van der Waals surface area contributed by atoms with Crippen molar-refractivity contribution in [3.8, 4) is 0 Å². The first kappa shape index (κ1) is 16.5. The lowest BCUT2D eigenvalue weighted by molar-refractivity contribution is -0.147. The summed E-state index contributed by atoms with van der Waals surface area (Å²) in [4.78, 5) is 26.2. The maximum absolute atomic E-state index is 13.3. The van der Waals surface area contributed by atoms with Gasteiger partial charge in [-0.15, -0.1) is 0 Å². The largest absolute Gasteiger partial charge is 0.481 e. The molecule has 1 N–H and O–H groups in total. The monoisotopic (exact) mass is 379 g/mol. The van der Waals surface area contributed by atoms with Gasteiger partial charge < -0.3 is 10.0 Å². The number of benzene rings is 1. The van der Waals surface area contributed by atoms with Gasteiger partial charge in [0.15, 0.2) is 0 Å². The lowest BCUT2D eigenvalue weighted by Crippen LogP contribution is -2.49. The maximum Gasteiger partial charge on any atom is 0.306 e. The van der Waals surface area contributed by atoms with Crippen LogP contribution in [0.5, 0.6) is 0 Å². The van der Waals surface area contributed by atoms with Gasteiger partial charge in [-0.25, -0.2) is 0 Å². The number of amides is 1. The fourth-order valence-corrected chi connectivity index (χ4v) is 4.27. The highest BCUT2D eigenvalue weighted by Crippen LogP contribution is 2.43. The molecule has 0 aromatic heterocycles. The van der Waals surface area contributed by atoms with Crippen LogP contribution < -0.4 is 0 Å². The predicted molar refractivity (Wildman–Crippen MR) is 91.2 cm³/mol. The van der Waals surface area contributed by atoms with Crippen LogP contribution in [0.3, 0.4) is 0 Å². The first-order valence-corrected chi connectivity index (χ1v) is 9.10. The normalized spacial score (nSPS) is 21.3. The first-order chi connectivity index (χ1) is 11.0. The van der Waals surface area contributed by atoms with Crippen molar-refractivity contribution in [2.75, 3.05) is 13.1 Å². The highest BCUT2D eigenvalue weighted by Gasteiger charge is 2.45. The first-order valence-electron chi connectivity index (χ1n) is 8.31. The molecule has 1 saturated heterocycles. The molecule has 0 atom stereocenters. The highest BCUT2D eigenvalue weighted by molar-refractivity contribution is 9.10. The molecule has 2 aliphatic rings. The number of likely N-dealkylation sites (tertiary alicyclic amines) is 1. The number of rotatable bonds is 3. The van der Waals surface area contributed by atoms with E-state index in [1.165, 1.54) is 0 Å². The molecule has 1 amide bonds. The van der Waals surface area contributed by atoms with Gasteiger partial charge in [-0.2, -0.15) is 0 Å². The third kappa shape index (κ3) is 3.16. The molecule has 23 heavy (non-hydrogen) atoms. The number of carbonyl (C=O) groups is 2. The van der Waals surface area contributed by atoms with Gasteiger partial charge >= 0.3 is 5.97 Å². The minimum absolute atomic E-state index is 0.196. The van der Waals surface area contributed by atoms with E-state index in [0.717, 1.165) is 35.7 Å². The van der Waals surface area contributed by atoms with Gasteiger partial charge in [-0.05, 0) is 43.4 Å². The number of carbonyl (C=O) groups excluding carboxylic acids is 1. The Kier molecular flexibility index (Phi) is 4.76. The van der Waals surface area contributed by atoms with Crippen LogP contribution in [-0.4, -0.2) is 35.0 Å². The summed E-state index contributed by atoms with van der Waals surface area (Å²) in [6.45, 7) is 1.13. The molecule has 1 heterocycles. The average molecular weight is 380 g/mol. The van der Waals surface area contributed by atoms with Gasteiger partial charge in [0, 0.05) is 17.6 Å². The topological polar surface area (TPSA) is 57.6 Å². The Bertz CT molecular complexity index is 585. The highest BCUT2D eigenvalue weighted by atomic mass is 79.9. The molecule has 0 spiro atoms. The Labute approximate surface area is 145 Å². The van der Waals surface area contributed by atoms with E-state index in [1.54, 1.807) is 0 Å². The number of hydrogen-bond acceptors (Lipinski definition) is 2. The maximum atomic E-state index is 13.3. The Morgan fingerprint density at radius 1 is 1.09 bits per heavy atom. The lowest BCUT2D eigenvalue weighted by atomic mass is 9.77. The molecule has 1 aliphatic heterocycles. The standard InChI is InChI=1S/C18H22BrNO3/c19-15-5-3-14(4-6-15)18(9-1-2-10-18)17(23)20-11-7-13(8-12-20)16(21)22/h3-6,13H,1-2,7-12H2,(H,21,22). The second kappa shape index (κ2) is 6.63. The summed E-state index contributed by atoms with van der Waals surface area (Å²) < 4.78 is 1.02. The second-order valence-electron chi connectivity index (χ2n) is 6.70. The van der Waals surface area contributed by atoms with E-state index in [9.17, 15) is 9.59 Å². The summed E-state index contributed by atoms with van der Waals surface area (Å²) in [7, 11) is 0. The molecular formula is C18H22BrNO3. The number of carboxylic acids is 1.